The van der Waals surface area contributed by atoms with Crippen LogP contribution in [0.5, 0.6) is 0 Å². The molecule has 2 aromatic carbocycles. The minimum Gasteiger partial charge on any atom is -0.323 e. The van der Waals surface area contributed by atoms with Gasteiger partial charge in [0.15, 0.2) is 9.84 Å². The molecule has 0 bridgehead atoms. The molecule has 1 N–H and O–H groups in total. The Bertz CT molecular complexity index is 1480. The molecule has 0 saturated heterocycles. The third-order valence-electron chi connectivity index (χ3n) is 6.18. The van der Waals surface area contributed by atoms with Crippen LogP contribution < -0.4 is 4.72 Å². The quantitative estimate of drug-likeness (QED) is 0.282. The van der Waals surface area contributed by atoms with E-state index in [1.807, 2.05) is 26.0 Å². The molecule has 8 nitrogen and oxygen atoms in total. The first-order valence-corrected chi connectivity index (χ1v) is 16.2. The highest BCUT2D eigenvalue weighted by molar-refractivity contribution is 7.91. The van der Waals surface area contributed by atoms with Gasteiger partial charge in [-0.3, -0.25) is 4.79 Å². The summed E-state index contributed by atoms with van der Waals surface area (Å²) in [5.41, 5.74) is 1.22. The van der Waals surface area contributed by atoms with Crippen molar-refractivity contribution in [3.05, 3.63) is 58.4 Å². The zero-order valence-electron chi connectivity index (χ0n) is 21.5. The number of sulfone groups is 1. The Morgan fingerprint density at radius 3 is 2.32 bits per heavy atom. The Labute approximate surface area is 224 Å². The van der Waals surface area contributed by atoms with Gasteiger partial charge in [0.1, 0.15) is 10.7 Å². The molecule has 1 heterocycles. The average molecular weight is 568 g/mol. The molecule has 3 rings (SSSR count). The second-order valence-electron chi connectivity index (χ2n) is 9.13. The van der Waals surface area contributed by atoms with Crippen LogP contribution in [0.15, 0.2) is 41.3 Å². The lowest BCUT2D eigenvalue weighted by Crippen LogP contribution is -2.33. The SMILES string of the molecule is CCCCCCS(=O)(=O)NC(=O)c1ccc2nc(C)n(Cc3ccccc3Cl)c2c1S(=O)(=O)CCCC. The van der Waals surface area contributed by atoms with Crippen molar-refractivity contribution in [2.45, 2.75) is 70.7 Å². The molecule has 0 aliphatic heterocycles. The fourth-order valence-electron chi connectivity index (χ4n) is 4.19. The Morgan fingerprint density at radius 1 is 0.946 bits per heavy atom. The molecule has 1 amide bonds. The van der Waals surface area contributed by atoms with Crippen LogP contribution in [0.3, 0.4) is 0 Å². The highest BCUT2D eigenvalue weighted by Crippen LogP contribution is 2.31. The lowest BCUT2D eigenvalue weighted by molar-refractivity contribution is 0.0978. The number of hydrogen-bond donors (Lipinski definition) is 1. The summed E-state index contributed by atoms with van der Waals surface area (Å²) in [6, 6.07) is 10.1. The van der Waals surface area contributed by atoms with Crippen LogP contribution in [0, 0.1) is 6.92 Å². The van der Waals surface area contributed by atoms with Gasteiger partial charge >= 0.3 is 0 Å². The van der Waals surface area contributed by atoms with Crippen molar-refractivity contribution in [1.82, 2.24) is 14.3 Å². The first kappa shape index (κ1) is 29.1. The van der Waals surface area contributed by atoms with Gasteiger partial charge in [-0.1, -0.05) is 69.3 Å². The van der Waals surface area contributed by atoms with Gasteiger partial charge in [0, 0.05) is 5.02 Å². The molecule has 0 radical (unpaired) electrons. The lowest BCUT2D eigenvalue weighted by Gasteiger charge is -2.15. The number of carbonyl (C=O) groups is 1. The number of carbonyl (C=O) groups excluding carboxylic acids is 1. The highest BCUT2D eigenvalue weighted by atomic mass is 35.5. The van der Waals surface area contributed by atoms with Crippen LogP contribution in [0.1, 0.15) is 74.1 Å². The van der Waals surface area contributed by atoms with E-state index in [0.29, 0.717) is 35.6 Å². The van der Waals surface area contributed by atoms with Crippen LogP contribution in [-0.2, 0) is 26.4 Å². The summed E-state index contributed by atoms with van der Waals surface area (Å²) < 4.78 is 56.3. The monoisotopic (exact) mass is 567 g/mol. The molecule has 0 spiro atoms. The predicted molar refractivity (Wildman–Crippen MR) is 147 cm³/mol. The number of nitrogens with zero attached hydrogens (tertiary/aromatic N) is 2. The van der Waals surface area contributed by atoms with Crippen molar-refractivity contribution >= 4 is 48.4 Å². The first-order chi connectivity index (χ1) is 17.5. The number of nitrogens with one attached hydrogen (secondary N) is 1. The number of sulfonamides is 1. The molecule has 0 saturated carbocycles. The van der Waals surface area contributed by atoms with E-state index in [2.05, 4.69) is 9.71 Å². The van der Waals surface area contributed by atoms with Gasteiger partial charge in [-0.15, -0.1) is 0 Å². The molecule has 0 fully saturated rings. The number of benzene rings is 2. The lowest BCUT2D eigenvalue weighted by atomic mass is 10.1. The summed E-state index contributed by atoms with van der Waals surface area (Å²) in [6.07, 6.45) is 4.03. The maximum absolute atomic E-state index is 13.6. The highest BCUT2D eigenvalue weighted by Gasteiger charge is 2.30. The van der Waals surface area contributed by atoms with Gasteiger partial charge in [-0.05, 0) is 43.5 Å². The first-order valence-electron chi connectivity index (χ1n) is 12.5. The summed E-state index contributed by atoms with van der Waals surface area (Å²) in [6.45, 7) is 5.88. The van der Waals surface area contributed by atoms with Crippen molar-refractivity contribution in [2.24, 2.45) is 0 Å². The minimum atomic E-state index is -3.97. The number of fused-ring (bicyclic) bond motifs is 1. The van der Waals surface area contributed by atoms with E-state index in [1.165, 1.54) is 6.07 Å². The molecule has 202 valence electrons. The van der Waals surface area contributed by atoms with Gasteiger partial charge in [0.2, 0.25) is 10.0 Å². The van der Waals surface area contributed by atoms with E-state index in [9.17, 15) is 21.6 Å². The molecule has 0 aliphatic carbocycles. The smallest absolute Gasteiger partial charge is 0.266 e. The fraction of sp³-hybridized carbons (Fsp3) is 0.462. The summed E-state index contributed by atoms with van der Waals surface area (Å²) in [4.78, 5) is 17.6. The summed E-state index contributed by atoms with van der Waals surface area (Å²) in [5.74, 6) is -0.801. The largest absolute Gasteiger partial charge is 0.323 e. The summed E-state index contributed by atoms with van der Waals surface area (Å²) >= 11 is 6.38. The van der Waals surface area contributed by atoms with Crippen LogP contribution in [0.2, 0.25) is 5.02 Å². The number of aromatic nitrogens is 2. The Balaban J connectivity index is 2.14. The van der Waals surface area contributed by atoms with E-state index in [4.69, 9.17) is 11.6 Å². The Hall–Kier alpha value is -2.43. The average Bonchev–Trinajstić information content (AvgIpc) is 3.15. The van der Waals surface area contributed by atoms with Crippen LogP contribution in [0.4, 0.5) is 0 Å². The van der Waals surface area contributed by atoms with Gasteiger partial charge in [0.25, 0.3) is 5.91 Å². The number of aryl methyl sites for hydroxylation is 1. The maximum Gasteiger partial charge on any atom is 0.266 e. The van der Waals surface area contributed by atoms with E-state index < -0.39 is 25.8 Å². The molecule has 0 aliphatic rings. The fourth-order valence-corrected chi connectivity index (χ4v) is 7.35. The summed E-state index contributed by atoms with van der Waals surface area (Å²) in [7, 11) is -7.90. The number of unbranched alkanes of at least 4 members (excludes halogenated alkanes) is 4. The van der Waals surface area contributed by atoms with Crippen molar-refractivity contribution in [3.8, 4) is 0 Å². The van der Waals surface area contributed by atoms with Crippen LogP contribution in [-0.4, -0.2) is 43.8 Å². The van der Waals surface area contributed by atoms with E-state index >= 15 is 0 Å². The molecule has 3 aromatic rings. The van der Waals surface area contributed by atoms with Gasteiger partial charge in [0.05, 0.1) is 34.6 Å². The normalized spacial score (nSPS) is 12.2. The van der Waals surface area contributed by atoms with Crippen molar-refractivity contribution in [1.29, 1.82) is 0 Å². The van der Waals surface area contributed by atoms with Crippen LogP contribution in [0.25, 0.3) is 11.0 Å². The van der Waals surface area contributed by atoms with E-state index in [1.54, 1.807) is 29.7 Å². The molecule has 37 heavy (non-hydrogen) atoms. The molecular formula is C26H34ClN3O5S2. The molecule has 0 unspecified atom stereocenters. The zero-order valence-corrected chi connectivity index (χ0v) is 23.8. The second kappa shape index (κ2) is 12.4. The topological polar surface area (TPSA) is 115 Å². The number of halogens is 1. The maximum atomic E-state index is 13.6. The summed E-state index contributed by atoms with van der Waals surface area (Å²) in [5, 5.41) is 0.516. The second-order valence-corrected chi connectivity index (χ2v) is 13.4. The van der Waals surface area contributed by atoms with Gasteiger partial charge in [-0.2, -0.15) is 0 Å². The minimum absolute atomic E-state index is 0.178. The molecule has 11 heteroatoms. The Kier molecular flexibility index (Phi) is 9.77. The molecule has 0 atom stereocenters. The van der Waals surface area contributed by atoms with Crippen LogP contribution >= 0.6 is 11.6 Å². The number of imidazole rings is 1. The molecular weight excluding hydrogens is 534 g/mol. The zero-order chi connectivity index (χ0) is 27.2. The third-order valence-corrected chi connectivity index (χ3v) is 9.73. The van der Waals surface area contributed by atoms with Gasteiger partial charge in [-0.25, -0.2) is 26.5 Å². The molecule has 1 aromatic heterocycles. The van der Waals surface area contributed by atoms with Crippen molar-refractivity contribution in [2.75, 3.05) is 11.5 Å². The van der Waals surface area contributed by atoms with Crippen molar-refractivity contribution in [3.63, 3.8) is 0 Å². The van der Waals surface area contributed by atoms with Gasteiger partial charge < -0.3 is 4.57 Å². The Morgan fingerprint density at radius 2 is 1.65 bits per heavy atom. The predicted octanol–water partition coefficient (Wildman–Crippen LogP) is 5.26. The van der Waals surface area contributed by atoms with E-state index in [0.717, 1.165) is 24.8 Å². The number of amides is 1. The standard InChI is InChI=1S/C26H34ClN3O5S2/c1-4-6-8-11-17-37(34,35)29-26(31)21-14-15-23-24(25(21)36(32,33)16-7-5-2)30(19(3)28-23)18-20-12-9-10-13-22(20)27/h9-10,12-15H,4-8,11,16-18H2,1-3H3,(H,29,31). The van der Waals surface area contributed by atoms with Crippen molar-refractivity contribution < 1.29 is 21.6 Å². The number of rotatable bonds is 13. The van der Waals surface area contributed by atoms with E-state index in [-0.39, 0.29) is 34.0 Å². The third kappa shape index (κ3) is 7.12. The number of hydrogen-bond acceptors (Lipinski definition) is 6.